The molecule has 3 nitrogen and oxygen atoms in total. The molecule has 0 saturated heterocycles. The van der Waals surface area contributed by atoms with Crippen LogP contribution in [0.2, 0.25) is 0 Å². The van der Waals surface area contributed by atoms with Crippen LogP contribution in [0.4, 0.5) is 13.2 Å². The molecule has 0 bridgehead atoms. The molecule has 0 spiro atoms. The van der Waals surface area contributed by atoms with E-state index in [1.807, 2.05) is 30.3 Å². The number of hydrogen-bond donors (Lipinski definition) is 0. The number of hydrogen-bond acceptors (Lipinski definition) is 3. The molecule has 0 atom stereocenters. The molecule has 0 radical (unpaired) electrons. The van der Waals surface area contributed by atoms with Crippen molar-refractivity contribution in [2.75, 3.05) is 6.61 Å². The monoisotopic (exact) mass is 366 g/mol. The molecule has 6 heteroatoms. The number of ketones is 2. The third-order valence-electron chi connectivity index (χ3n) is 3.31. The Morgan fingerprint density at radius 1 is 0.846 bits per heavy atom. The number of carbonyl (C=O) groups excluding carboxylic acids is 2. The van der Waals surface area contributed by atoms with Gasteiger partial charge < -0.3 is 4.74 Å². The smallest absolute Gasteiger partial charge is 0.389 e. The first-order valence-electron chi connectivity index (χ1n) is 8.05. The van der Waals surface area contributed by atoms with Gasteiger partial charge in [0.1, 0.15) is 5.75 Å². The Labute approximate surface area is 150 Å². The van der Waals surface area contributed by atoms with E-state index in [9.17, 15) is 22.8 Å². The first kappa shape index (κ1) is 21.4. The zero-order chi connectivity index (χ0) is 19.6. The van der Waals surface area contributed by atoms with E-state index >= 15 is 0 Å². The minimum atomic E-state index is -4.14. The Morgan fingerprint density at radius 2 is 1.35 bits per heavy atom. The van der Waals surface area contributed by atoms with E-state index in [0.29, 0.717) is 11.3 Å². The second kappa shape index (κ2) is 10.4. The number of carbonyl (C=O) groups is 2. The van der Waals surface area contributed by atoms with Crippen molar-refractivity contribution in [1.29, 1.82) is 0 Å². The molecule has 0 amide bonds. The zero-order valence-corrected chi connectivity index (χ0v) is 14.7. The number of rotatable bonds is 6. The minimum Gasteiger partial charge on any atom is -0.494 e. The van der Waals surface area contributed by atoms with Crippen LogP contribution in [0.3, 0.4) is 0 Å². The molecule has 0 aliphatic heterocycles. The average molecular weight is 366 g/mol. The molecule has 0 heterocycles. The molecular weight excluding hydrogens is 345 g/mol. The van der Waals surface area contributed by atoms with Gasteiger partial charge in [-0.15, -0.1) is 0 Å². The predicted molar refractivity (Wildman–Crippen MR) is 93.7 cm³/mol. The molecule has 0 unspecified atom stereocenters. The van der Waals surface area contributed by atoms with E-state index in [0.717, 1.165) is 5.56 Å². The van der Waals surface area contributed by atoms with Gasteiger partial charge in [-0.2, -0.15) is 13.2 Å². The number of alkyl halides is 3. The van der Waals surface area contributed by atoms with Gasteiger partial charge >= 0.3 is 6.18 Å². The molecule has 0 aliphatic carbocycles. The normalized spacial score (nSPS) is 10.5. The molecule has 2 rings (SSSR count). The van der Waals surface area contributed by atoms with Gasteiger partial charge in [0.15, 0.2) is 11.6 Å². The van der Waals surface area contributed by atoms with Crippen molar-refractivity contribution in [1.82, 2.24) is 0 Å². The molecule has 0 fully saturated rings. The fourth-order valence-corrected chi connectivity index (χ4v) is 1.92. The number of ether oxygens (including phenoxy) is 1. The van der Waals surface area contributed by atoms with Crippen molar-refractivity contribution >= 4 is 11.6 Å². The SMILES string of the molecule is CC(=O)c1ccc(OCCCC(F)(F)F)cc1.CC(=O)c1ccccc1. The lowest BCUT2D eigenvalue weighted by Gasteiger charge is -2.08. The summed E-state index contributed by atoms with van der Waals surface area (Å²) < 4.78 is 40.6. The molecule has 26 heavy (non-hydrogen) atoms. The number of halogens is 3. The molecule has 0 saturated carbocycles. The van der Waals surface area contributed by atoms with Crippen molar-refractivity contribution in [3.8, 4) is 5.75 Å². The topological polar surface area (TPSA) is 43.4 Å². The van der Waals surface area contributed by atoms with Gasteiger partial charge in [-0.05, 0) is 44.5 Å². The lowest BCUT2D eigenvalue weighted by molar-refractivity contribution is -0.136. The Balaban J connectivity index is 0.000000314. The van der Waals surface area contributed by atoms with Crippen LogP contribution in [-0.2, 0) is 0 Å². The Hall–Kier alpha value is -2.63. The maximum absolute atomic E-state index is 11.8. The fraction of sp³-hybridized carbons (Fsp3) is 0.300. The average Bonchev–Trinajstić information content (AvgIpc) is 2.59. The highest BCUT2D eigenvalue weighted by Crippen LogP contribution is 2.21. The summed E-state index contributed by atoms with van der Waals surface area (Å²) in [5, 5.41) is 0. The van der Waals surface area contributed by atoms with Crippen LogP contribution in [0.1, 0.15) is 47.4 Å². The van der Waals surface area contributed by atoms with Gasteiger partial charge in [0.2, 0.25) is 0 Å². The largest absolute Gasteiger partial charge is 0.494 e. The summed E-state index contributed by atoms with van der Waals surface area (Å²) >= 11 is 0. The van der Waals surface area contributed by atoms with Gasteiger partial charge in [-0.1, -0.05) is 30.3 Å². The van der Waals surface area contributed by atoms with Gasteiger partial charge in [-0.25, -0.2) is 0 Å². The van der Waals surface area contributed by atoms with Crippen LogP contribution in [0.25, 0.3) is 0 Å². The second-order valence-electron chi connectivity index (χ2n) is 5.57. The van der Waals surface area contributed by atoms with Crippen molar-refractivity contribution in [3.05, 3.63) is 65.7 Å². The first-order chi connectivity index (χ1) is 12.2. The van der Waals surface area contributed by atoms with Crippen molar-refractivity contribution < 1.29 is 27.5 Å². The van der Waals surface area contributed by atoms with E-state index in [1.165, 1.54) is 6.92 Å². The van der Waals surface area contributed by atoms with Crippen molar-refractivity contribution in [3.63, 3.8) is 0 Å². The highest BCUT2D eigenvalue weighted by Gasteiger charge is 2.26. The summed E-state index contributed by atoms with van der Waals surface area (Å²) in [7, 11) is 0. The molecule has 2 aromatic rings. The second-order valence-corrected chi connectivity index (χ2v) is 5.57. The number of benzene rings is 2. The van der Waals surface area contributed by atoms with Gasteiger partial charge in [-0.3, -0.25) is 9.59 Å². The Kier molecular flexibility index (Phi) is 8.55. The van der Waals surface area contributed by atoms with E-state index < -0.39 is 12.6 Å². The van der Waals surface area contributed by atoms with Crippen molar-refractivity contribution in [2.45, 2.75) is 32.9 Å². The predicted octanol–water partition coefficient (Wildman–Crippen LogP) is 5.50. The molecular formula is C20H21F3O3. The summed E-state index contributed by atoms with van der Waals surface area (Å²) in [6, 6.07) is 15.5. The third-order valence-corrected chi connectivity index (χ3v) is 3.31. The summed E-state index contributed by atoms with van der Waals surface area (Å²) in [6.07, 6.45) is -5.06. The molecule has 0 N–H and O–H groups in total. The minimum absolute atomic E-state index is 0.0128. The lowest BCUT2D eigenvalue weighted by atomic mass is 10.1. The fourth-order valence-electron chi connectivity index (χ4n) is 1.92. The lowest BCUT2D eigenvalue weighted by Crippen LogP contribution is -2.09. The van der Waals surface area contributed by atoms with Crippen LogP contribution >= 0.6 is 0 Å². The van der Waals surface area contributed by atoms with Crippen LogP contribution in [0.5, 0.6) is 5.75 Å². The molecule has 0 aromatic heterocycles. The van der Waals surface area contributed by atoms with Gasteiger partial charge in [0.05, 0.1) is 6.61 Å². The van der Waals surface area contributed by atoms with Crippen LogP contribution in [0.15, 0.2) is 54.6 Å². The van der Waals surface area contributed by atoms with Crippen LogP contribution in [0, 0.1) is 0 Å². The van der Waals surface area contributed by atoms with Gasteiger partial charge in [0.25, 0.3) is 0 Å². The third kappa shape index (κ3) is 9.01. The molecule has 0 aliphatic rings. The standard InChI is InChI=1S/C12H13F3O2.C8H8O/c1-9(16)10-3-5-11(6-4-10)17-8-2-7-12(13,14)15;1-7(9)8-5-3-2-4-6-8/h3-6H,2,7-8H2,1H3;2-6H,1H3. The maximum atomic E-state index is 11.8. The quantitative estimate of drug-likeness (QED) is 0.501. The van der Waals surface area contributed by atoms with Crippen molar-refractivity contribution in [2.24, 2.45) is 0 Å². The maximum Gasteiger partial charge on any atom is 0.389 e. The highest BCUT2D eigenvalue weighted by molar-refractivity contribution is 5.94. The summed E-state index contributed by atoms with van der Waals surface area (Å²) in [5.41, 5.74) is 1.32. The molecule has 140 valence electrons. The molecule has 2 aromatic carbocycles. The van der Waals surface area contributed by atoms with E-state index in [1.54, 1.807) is 31.2 Å². The van der Waals surface area contributed by atoms with Crippen LogP contribution < -0.4 is 4.74 Å². The van der Waals surface area contributed by atoms with E-state index in [-0.39, 0.29) is 24.6 Å². The van der Waals surface area contributed by atoms with E-state index in [2.05, 4.69) is 0 Å². The Bertz CT molecular complexity index is 692. The summed E-state index contributed by atoms with van der Waals surface area (Å²) in [6.45, 7) is 3.02. The van der Waals surface area contributed by atoms with Crippen LogP contribution in [-0.4, -0.2) is 24.3 Å². The zero-order valence-electron chi connectivity index (χ0n) is 14.7. The Morgan fingerprint density at radius 3 is 1.77 bits per heavy atom. The first-order valence-corrected chi connectivity index (χ1v) is 8.05. The highest BCUT2D eigenvalue weighted by atomic mass is 19.4. The summed E-state index contributed by atoms with van der Waals surface area (Å²) in [5.74, 6) is 0.529. The van der Waals surface area contributed by atoms with E-state index in [4.69, 9.17) is 4.74 Å². The summed E-state index contributed by atoms with van der Waals surface area (Å²) in [4.78, 5) is 21.6. The number of Topliss-reactive ketones (excluding diaryl/α,β-unsaturated/α-hetero) is 2. The van der Waals surface area contributed by atoms with Gasteiger partial charge in [0, 0.05) is 17.5 Å².